The van der Waals surface area contributed by atoms with Crippen LogP contribution in [0.1, 0.15) is 38.2 Å². The minimum absolute atomic E-state index is 0.307. The van der Waals surface area contributed by atoms with E-state index >= 15 is 0 Å². The molecule has 0 spiro atoms. The van der Waals surface area contributed by atoms with Gasteiger partial charge in [0.1, 0.15) is 17.5 Å². The summed E-state index contributed by atoms with van der Waals surface area (Å²) in [5, 5.41) is 10.8. The van der Waals surface area contributed by atoms with Crippen molar-refractivity contribution in [2.75, 3.05) is 23.7 Å². The van der Waals surface area contributed by atoms with E-state index in [4.69, 9.17) is 0 Å². The number of hydrogen-bond donors (Lipinski definition) is 2. The van der Waals surface area contributed by atoms with Gasteiger partial charge in [0, 0.05) is 50.4 Å². The Morgan fingerprint density at radius 2 is 1.90 bits per heavy atom. The van der Waals surface area contributed by atoms with Crippen LogP contribution in [0.25, 0.3) is 0 Å². The van der Waals surface area contributed by atoms with E-state index < -0.39 is 0 Å². The standard InChI is InChI=1S/C15H24N6/c1-5-16-13-10-14(20-15(19-13)11(2)3)17-8-6-12-7-9-18-21(12)4/h7,9-11H,5-6,8H2,1-4H3,(H2,16,17,19,20). The van der Waals surface area contributed by atoms with Gasteiger partial charge in [-0.3, -0.25) is 4.68 Å². The molecule has 0 radical (unpaired) electrons. The fourth-order valence-electron chi connectivity index (χ4n) is 2.05. The van der Waals surface area contributed by atoms with Crippen molar-refractivity contribution in [1.82, 2.24) is 19.7 Å². The molecule has 2 aromatic heterocycles. The highest BCUT2D eigenvalue weighted by Gasteiger charge is 2.08. The Balaban J connectivity index is 2.02. The first kappa shape index (κ1) is 15.3. The summed E-state index contributed by atoms with van der Waals surface area (Å²) in [6.07, 6.45) is 2.73. The summed E-state index contributed by atoms with van der Waals surface area (Å²) in [6.45, 7) is 7.93. The van der Waals surface area contributed by atoms with Gasteiger partial charge in [0.2, 0.25) is 0 Å². The number of aryl methyl sites for hydroxylation is 1. The van der Waals surface area contributed by atoms with Crippen LogP contribution in [-0.4, -0.2) is 32.8 Å². The van der Waals surface area contributed by atoms with E-state index in [1.54, 1.807) is 0 Å². The van der Waals surface area contributed by atoms with Crippen molar-refractivity contribution in [2.45, 2.75) is 33.1 Å². The molecule has 6 heteroatoms. The quantitative estimate of drug-likeness (QED) is 0.819. The molecule has 0 aromatic carbocycles. The fourth-order valence-corrected chi connectivity index (χ4v) is 2.05. The van der Waals surface area contributed by atoms with Crippen LogP contribution in [0.3, 0.4) is 0 Å². The Kier molecular flexibility index (Phi) is 5.14. The Hall–Kier alpha value is -2.11. The van der Waals surface area contributed by atoms with Crippen molar-refractivity contribution in [1.29, 1.82) is 0 Å². The molecule has 114 valence electrons. The molecular weight excluding hydrogens is 264 g/mol. The van der Waals surface area contributed by atoms with E-state index in [1.165, 1.54) is 5.69 Å². The van der Waals surface area contributed by atoms with Crippen LogP contribution < -0.4 is 10.6 Å². The third-order valence-electron chi connectivity index (χ3n) is 3.23. The molecule has 0 amide bonds. The monoisotopic (exact) mass is 288 g/mol. The van der Waals surface area contributed by atoms with Crippen LogP contribution in [0.5, 0.6) is 0 Å². The van der Waals surface area contributed by atoms with Crippen LogP contribution in [-0.2, 0) is 13.5 Å². The summed E-state index contributed by atoms with van der Waals surface area (Å²) in [7, 11) is 1.96. The Labute approximate surface area is 126 Å². The zero-order chi connectivity index (χ0) is 15.2. The van der Waals surface area contributed by atoms with E-state index in [9.17, 15) is 0 Å². The molecule has 0 atom stereocenters. The molecule has 0 aliphatic carbocycles. The summed E-state index contributed by atoms with van der Waals surface area (Å²) in [4.78, 5) is 9.09. The smallest absolute Gasteiger partial charge is 0.135 e. The lowest BCUT2D eigenvalue weighted by atomic mass is 10.2. The average Bonchev–Trinajstić information content (AvgIpc) is 2.84. The van der Waals surface area contributed by atoms with Gasteiger partial charge in [-0.1, -0.05) is 13.8 Å². The number of aromatic nitrogens is 4. The molecule has 2 rings (SSSR count). The molecule has 0 bridgehead atoms. The number of rotatable bonds is 7. The van der Waals surface area contributed by atoms with Gasteiger partial charge >= 0.3 is 0 Å². The van der Waals surface area contributed by atoms with Gasteiger partial charge in [-0.25, -0.2) is 9.97 Å². The molecule has 0 aliphatic heterocycles. The number of hydrogen-bond acceptors (Lipinski definition) is 5. The lowest BCUT2D eigenvalue weighted by Gasteiger charge is -2.12. The average molecular weight is 288 g/mol. The zero-order valence-electron chi connectivity index (χ0n) is 13.2. The summed E-state index contributed by atoms with van der Waals surface area (Å²) in [6, 6.07) is 3.99. The summed E-state index contributed by atoms with van der Waals surface area (Å²) in [5.41, 5.74) is 1.20. The van der Waals surface area contributed by atoms with E-state index in [1.807, 2.05) is 30.1 Å². The summed E-state index contributed by atoms with van der Waals surface area (Å²) >= 11 is 0. The summed E-state index contributed by atoms with van der Waals surface area (Å²) < 4.78 is 1.89. The molecular formula is C15H24N6. The van der Waals surface area contributed by atoms with Crippen LogP contribution >= 0.6 is 0 Å². The van der Waals surface area contributed by atoms with Gasteiger partial charge < -0.3 is 10.6 Å². The molecule has 0 aliphatic rings. The summed E-state index contributed by atoms with van der Waals surface area (Å²) in [5.74, 6) is 2.91. The van der Waals surface area contributed by atoms with E-state index in [0.29, 0.717) is 5.92 Å². The SMILES string of the molecule is CCNc1cc(NCCc2ccnn2C)nc(C(C)C)n1. The highest BCUT2D eigenvalue weighted by molar-refractivity contribution is 5.47. The van der Waals surface area contributed by atoms with Gasteiger partial charge in [-0.15, -0.1) is 0 Å². The molecule has 0 saturated carbocycles. The molecule has 2 aromatic rings. The highest BCUT2D eigenvalue weighted by Crippen LogP contribution is 2.17. The minimum atomic E-state index is 0.307. The number of nitrogens with one attached hydrogen (secondary N) is 2. The maximum Gasteiger partial charge on any atom is 0.135 e. The van der Waals surface area contributed by atoms with Gasteiger partial charge in [0.05, 0.1) is 0 Å². The molecule has 21 heavy (non-hydrogen) atoms. The van der Waals surface area contributed by atoms with Gasteiger partial charge in [0.25, 0.3) is 0 Å². The third-order valence-corrected chi connectivity index (χ3v) is 3.23. The Bertz CT molecular complexity index is 575. The second kappa shape index (κ2) is 7.06. The van der Waals surface area contributed by atoms with Crippen molar-refractivity contribution >= 4 is 11.6 Å². The van der Waals surface area contributed by atoms with Gasteiger partial charge in [0.15, 0.2) is 0 Å². The first-order chi connectivity index (χ1) is 10.1. The Morgan fingerprint density at radius 1 is 1.19 bits per heavy atom. The van der Waals surface area contributed by atoms with Crippen molar-refractivity contribution in [3.05, 3.63) is 29.8 Å². The zero-order valence-corrected chi connectivity index (χ0v) is 13.2. The fraction of sp³-hybridized carbons (Fsp3) is 0.533. The van der Waals surface area contributed by atoms with Crippen LogP contribution in [0.4, 0.5) is 11.6 Å². The van der Waals surface area contributed by atoms with Gasteiger partial charge in [-0.05, 0) is 13.0 Å². The first-order valence-corrected chi connectivity index (χ1v) is 7.43. The van der Waals surface area contributed by atoms with Crippen molar-refractivity contribution < 1.29 is 0 Å². The maximum atomic E-state index is 4.57. The van der Waals surface area contributed by atoms with Crippen LogP contribution in [0, 0.1) is 0 Å². The van der Waals surface area contributed by atoms with Crippen molar-refractivity contribution in [2.24, 2.45) is 7.05 Å². The number of anilines is 2. The van der Waals surface area contributed by atoms with E-state index in [-0.39, 0.29) is 0 Å². The third kappa shape index (κ3) is 4.18. The number of nitrogens with zero attached hydrogens (tertiary/aromatic N) is 4. The molecule has 0 unspecified atom stereocenters. The molecule has 6 nitrogen and oxygen atoms in total. The largest absolute Gasteiger partial charge is 0.370 e. The lowest BCUT2D eigenvalue weighted by molar-refractivity contribution is 0.710. The second-order valence-electron chi connectivity index (χ2n) is 5.30. The van der Waals surface area contributed by atoms with E-state index in [0.717, 1.165) is 37.0 Å². The van der Waals surface area contributed by atoms with Crippen LogP contribution in [0.2, 0.25) is 0 Å². The molecule has 2 N–H and O–H groups in total. The lowest BCUT2D eigenvalue weighted by Crippen LogP contribution is -2.12. The molecule has 0 saturated heterocycles. The van der Waals surface area contributed by atoms with Crippen molar-refractivity contribution in [3.8, 4) is 0 Å². The van der Waals surface area contributed by atoms with Crippen molar-refractivity contribution in [3.63, 3.8) is 0 Å². The van der Waals surface area contributed by atoms with Crippen LogP contribution in [0.15, 0.2) is 18.3 Å². The van der Waals surface area contributed by atoms with Gasteiger partial charge in [-0.2, -0.15) is 5.10 Å². The highest BCUT2D eigenvalue weighted by atomic mass is 15.3. The minimum Gasteiger partial charge on any atom is -0.370 e. The Morgan fingerprint density at radius 3 is 2.48 bits per heavy atom. The topological polar surface area (TPSA) is 67.7 Å². The normalized spacial score (nSPS) is 10.9. The maximum absolute atomic E-state index is 4.57. The second-order valence-corrected chi connectivity index (χ2v) is 5.30. The van der Waals surface area contributed by atoms with E-state index in [2.05, 4.69) is 46.5 Å². The molecule has 2 heterocycles. The predicted molar refractivity (Wildman–Crippen MR) is 85.7 cm³/mol. The predicted octanol–water partition coefficient (Wildman–Crippen LogP) is 2.42. The first-order valence-electron chi connectivity index (χ1n) is 7.43. The molecule has 0 fully saturated rings.